The van der Waals surface area contributed by atoms with Crippen LogP contribution in [-0.2, 0) is 0 Å². The standard InChI is InChI=1S/C31H27N2O4P/c1-2-23(32-31(34)33-24-12-4-3-5-13-24)20-35-38-36-27-18-16-21-10-6-8-14-25(21)29(27)30-26-15-9-7-11-22(26)17-19-28(30)37-38/h3-19,23H,2,20H2,1H3,(H2,32,33,34)/t23-/m0/s1. The Labute approximate surface area is 220 Å². The first-order valence-corrected chi connectivity index (χ1v) is 13.7. The Hall–Kier alpha value is -4.25. The number of carbonyl (C=O) groups is 1. The van der Waals surface area contributed by atoms with Crippen LogP contribution < -0.4 is 15.2 Å². The number of nitrogens with one attached hydrogen (secondary N) is 2. The van der Waals surface area contributed by atoms with Crippen molar-refractivity contribution in [3.8, 4) is 0 Å². The van der Waals surface area contributed by atoms with Gasteiger partial charge >= 0.3 is 14.3 Å². The summed E-state index contributed by atoms with van der Waals surface area (Å²) in [5.74, 6) is 0. The molecule has 7 heteroatoms. The van der Waals surface area contributed by atoms with Crippen molar-refractivity contribution in [2.45, 2.75) is 19.4 Å². The Balaban J connectivity index is 1.39. The van der Waals surface area contributed by atoms with E-state index in [9.17, 15) is 4.79 Å². The average molecular weight is 523 g/mol. The average Bonchev–Trinajstić information content (AvgIpc) is 3.12. The van der Waals surface area contributed by atoms with E-state index in [4.69, 9.17) is 12.9 Å². The lowest BCUT2D eigenvalue weighted by atomic mass is 9.99. The molecule has 0 aliphatic heterocycles. The fraction of sp³-hybridized carbons (Fsp3) is 0.129. The normalized spacial score (nSPS) is 12.1. The van der Waals surface area contributed by atoms with Gasteiger partial charge in [0.1, 0.15) is 11.2 Å². The monoisotopic (exact) mass is 522 g/mol. The molecule has 5 aromatic carbocycles. The van der Waals surface area contributed by atoms with Crippen LogP contribution in [0.25, 0.3) is 43.5 Å². The molecule has 1 heterocycles. The first-order chi connectivity index (χ1) is 18.7. The molecule has 0 fully saturated rings. The molecule has 0 saturated carbocycles. The Morgan fingerprint density at radius 2 is 1.32 bits per heavy atom. The van der Waals surface area contributed by atoms with E-state index in [0.29, 0.717) is 17.6 Å². The Morgan fingerprint density at radius 3 is 1.89 bits per heavy atom. The summed E-state index contributed by atoms with van der Waals surface area (Å²) < 4.78 is 19.0. The first-order valence-electron chi connectivity index (χ1n) is 12.6. The predicted molar refractivity (Wildman–Crippen MR) is 155 cm³/mol. The van der Waals surface area contributed by atoms with E-state index in [1.54, 1.807) is 0 Å². The van der Waals surface area contributed by atoms with Gasteiger partial charge in [-0.05, 0) is 52.2 Å². The van der Waals surface area contributed by atoms with Gasteiger partial charge in [-0.3, -0.25) is 4.52 Å². The number of carbonyl (C=O) groups excluding carboxylic acids is 1. The maximum atomic E-state index is 12.5. The zero-order chi connectivity index (χ0) is 25.9. The second kappa shape index (κ2) is 10.6. The number of urea groups is 1. The van der Waals surface area contributed by atoms with Gasteiger partial charge in [0.05, 0.1) is 12.6 Å². The molecular weight excluding hydrogens is 495 g/mol. The smallest absolute Gasteiger partial charge is 0.387 e. The molecule has 0 unspecified atom stereocenters. The summed E-state index contributed by atoms with van der Waals surface area (Å²) in [6, 6.07) is 33.5. The second-order valence-electron chi connectivity index (χ2n) is 9.09. The summed E-state index contributed by atoms with van der Waals surface area (Å²) in [6.07, 6.45) is 0.688. The highest BCUT2D eigenvalue weighted by Gasteiger charge is 2.16. The van der Waals surface area contributed by atoms with Gasteiger partial charge in [0, 0.05) is 16.5 Å². The summed E-state index contributed by atoms with van der Waals surface area (Å²) >= 11 is 0. The highest BCUT2D eigenvalue weighted by atomic mass is 31.1. The minimum atomic E-state index is -1.77. The number of hydrogen-bond donors (Lipinski definition) is 2. The van der Waals surface area contributed by atoms with Gasteiger partial charge in [-0.2, -0.15) is 0 Å². The van der Waals surface area contributed by atoms with Crippen molar-refractivity contribution in [3.05, 3.63) is 103 Å². The summed E-state index contributed by atoms with van der Waals surface area (Å²) in [4.78, 5) is 12.5. The Bertz CT molecular complexity index is 1700. The molecule has 0 bridgehead atoms. The van der Waals surface area contributed by atoms with Crippen molar-refractivity contribution in [1.82, 2.24) is 5.32 Å². The lowest BCUT2D eigenvalue weighted by Crippen LogP contribution is -2.40. The van der Waals surface area contributed by atoms with Gasteiger partial charge < -0.3 is 19.0 Å². The highest BCUT2D eigenvalue weighted by Crippen LogP contribution is 2.40. The van der Waals surface area contributed by atoms with E-state index in [0.717, 1.165) is 38.0 Å². The molecule has 190 valence electrons. The third-order valence-electron chi connectivity index (χ3n) is 6.62. The molecule has 38 heavy (non-hydrogen) atoms. The summed E-state index contributed by atoms with van der Waals surface area (Å²) in [6.45, 7) is 2.25. The van der Waals surface area contributed by atoms with Gasteiger partial charge in [-0.1, -0.05) is 85.8 Å². The quantitative estimate of drug-likeness (QED) is 0.230. The topological polar surface area (TPSA) is 76.6 Å². The van der Waals surface area contributed by atoms with E-state index in [1.165, 1.54) is 0 Å². The van der Waals surface area contributed by atoms with Gasteiger partial charge in [-0.15, -0.1) is 0 Å². The number of benzene rings is 5. The second-order valence-corrected chi connectivity index (χ2v) is 10.2. The maximum absolute atomic E-state index is 12.5. The molecule has 6 nitrogen and oxygen atoms in total. The molecule has 2 N–H and O–H groups in total. The molecule has 0 spiro atoms. The van der Waals surface area contributed by atoms with E-state index in [1.807, 2.05) is 73.7 Å². The van der Waals surface area contributed by atoms with E-state index < -0.39 is 8.24 Å². The van der Waals surface area contributed by atoms with Gasteiger partial charge in [0.15, 0.2) is 0 Å². The summed E-state index contributed by atoms with van der Waals surface area (Å²) in [7, 11) is -1.77. The number of rotatable bonds is 6. The van der Waals surface area contributed by atoms with Crippen molar-refractivity contribution >= 4 is 63.4 Å². The van der Waals surface area contributed by atoms with Gasteiger partial charge in [0.2, 0.25) is 0 Å². The van der Waals surface area contributed by atoms with Crippen LogP contribution in [0.2, 0.25) is 0 Å². The Kier molecular flexibility index (Phi) is 6.74. The van der Waals surface area contributed by atoms with Crippen molar-refractivity contribution in [2.75, 3.05) is 11.9 Å². The fourth-order valence-electron chi connectivity index (χ4n) is 4.69. The Morgan fingerprint density at radius 1 is 0.763 bits per heavy atom. The van der Waals surface area contributed by atoms with Crippen molar-refractivity contribution < 1.29 is 17.7 Å². The van der Waals surface area contributed by atoms with Crippen molar-refractivity contribution in [1.29, 1.82) is 0 Å². The summed E-state index contributed by atoms with van der Waals surface area (Å²) in [5, 5.41) is 12.3. The first kappa shape index (κ1) is 24.1. The van der Waals surface area contributed by atoms with Gasteiger partial charge in [-0.25, -0.2) is 4.79 Å². The van der Waals surface area contributed by atoms with E-state index >= 15 is 0 Å². The molecule has 6 rings (SSSR count). The summed E-state index contributed by atoms with van der Waals surface area (Å²) in [5.41, 5.74) is 2.16. The fourth-order valence-corrected chi connectivity index (χ4v) is 5.76. The van der Waals surface area contributed by atoms with Crippen LogP contribution >= 0.6 is 8.24 Å². The van der Waals surface area contributed by atoms with Crippen molar-refractivity contribution in [3.63, 3.8) is 0 Å². The van der Waals surface area contributed by atoms with Crippen LogP contribution in [0.4, 0.5) is 10.5 Å². The molecule has 0 aliphatic carbocycles. The number of hydrogen-bond acceptors (Lipinski definition) is 4. The minimum absolute atomic E-state index is 0.219. The number of para-hydroxylation sites is 1. The van der Waals surface area contributed by atoms with Crippen LogP contribution in [-0.4, -0.2) is 18.7 Å². The maximum Gasteiger partial charge on any atom is 0.387 e. The molecule has 6 aromatic rings. The third kappa shape index (κ3) is 4.84. The van der Waals surface area contributed by atoms with Crippen LogP contribution in [0.5, 0.6) is 0 Å². The molecule has 0 aliphatic rings. The molecule has 1 atom stereocenters. The predicted octanol–water partition coefficient (Wildman–Crippen LogP) is 8.63. The zero-order valence-corrected chi connectivity index (χ0v) is 21.8. The largest absolute Gasteiger partial charge is 0.399 e. The van der Waals surface area contributed by atoms with E-state index in [-0.39, 0.29) is 18.7 Å². The third-order valence-corrected chi connectivity index (χ3v) is 7.67. The van der Waals surface area contributed by atoms with Crippen LogP contribution in [0.3, 0.4) is 0 Å². The SMILES string of the molecule is CC[C@@H](COp1oc2ccc3ccccc3c2c2c(ccc3ccccc32)o1)NC(=O)Nc1ccccc1. The van der Waals surface area contributed by atoms with Gasteiger partial charge in [0.25, 0.3) is 0 Å². The van der Waals surface area contributed by atoms with Crippen molar-refractivity contribution in [2.24, 2.45) is 0 Å². The highest BCUT2D eigenvalue weighted by molar-refractivity contribution is 7.31. The zero-order valence-electron chi connectivity index (χ0n) is 20.9. The number of fused-ring (bicyclic) bond motifs is 7. The number of anilines is 1. The molecule has 0 saturated heterocycles. The molecule has 2 amide bonds. The lowest BCUT2D eigenvalue weighted by Gasteiger charge is -2.16. The van der Waals surface area contributed by atoms with E-state index in [2.05, 4.69) is 47.0 Å². The number of amides is 2. The molecule has 0 radical (unpaired) electrons. The van der Waals surface area contributed by atoms with Crippen LogP contribution in [0.1, 0.15) is 13.3 Å². The van der Waals surface area contributed by atoms with Crippen LogP contribution in [0.15, 0.2) is 112 Å². The minimum Gasteiger partial charge on any atom is -0.399 e. The molecule has 1 aromatic heterocycles. The van der Waals surface area contributed by atoms with Crippen LogP contribution in [0, 0.1) is 0 Å². The molecular formula is C31H27N2O4P. The lowest BCUT2D eigenvalue weighted by molar-refractivity contribution is 0.240.